The fourth-order valence-corrected chi connectivity index (χ4v) is 3.67. The van der Waals surface area contributed by atoms with Crippen molar-refractivity contribution in [3.05, 3.63) is 0 Å². The molecular formula is C15H30N2O2. The number of likely N-dealkylation sites (N-methyl/N-ethyl adjacent to an activating group) is 1. The maximum Gasteiger partial charge on any atom is 0.0702 e. The van der Waals surface area contributed by atoms with Crippen LogP contribution < -0.4 is 5.32 Å². The van der Waals surface area contributed by atoms with E-state index in [1.807, 2.05) is 0 Å². The third kappa shape index (κ3) is 3.91. The van der Waals surface area contributed by atoms with Crippen LogP contribution in [0.1, 0.15) is 46.0 Å². The van der Waals surface area contributed by atoms with Gasteiger partial charge >= 0.3 is 0 Å². The van der Waals surface area contributed by atoms with Crippen molar-refractivity contribution >= 4 is 0 Å². The smallest absolute Gasteiger partial charge is 0.0702 e. The van der Waals surface area contributed by atoms with Crippen molar-refractivity contribution in [1.82, 2.24) is 10.2 Å². The van der Waals surface area contributed by atoms with Gasteiger partial charge in [0, 0.05) is 30.8 Å². The van der Waals surface area contributed by atoms with Gasteiger partial charge in [0.05, 0.1) is 12.7 Å². The Morgan fingerprint density at radius 2 is 2.21 bits per heavy atom. The van der Waals surface area contributed by atoms with E-state index >= 15 is 0 Å². The van der Waals surface area contributed by atoms with E-state index in [9.17, 15) is 5.11 Å². The summed E-state index contributed by atoms with van der Waals surface area (Å²) in [4.78, 5) is 2.44. The van der Waals surface area contributed by atoms with Gasteiger partial charge in [-0.2, -0.15) is 0 Å². The maximum atomic E-state index is 9.74. The van der Waals surface area contributed by atoms with Crippen LogP contribution in [0.15, 0.2) is 0 Å². The van der Waals surface area contributed by atoms with Crippen molar-refractivity contribution in [1.29, 1.82) is 0 Å². The maximum absolute atomic E-state index is 9.74. The predicted molar refractivity (Wildman–Crippen MR) is 77.3 cm³/mol. The molecule has 1 saturated carbocycles. The molecule has 0 spiro atoms. The normalized spacial score (nSPS) is 35.7. The third-order valence-corrected chi connectivity index (χ3v) is 4.62. The molecular weight excluding hydrogens is 240 g/mol. The molecule has 0 amide bonds. The molecule has 2 rings (SSSR count). The van der Waals surface area contributed by atoms with Crippen molar-refractivity contribution in [3.8, 4) is 0 Å². The molecule has 3 atom stereocenters. The molecule has 1 saturated heterocycles. The van der Waals surface area contributed by atoms with E-state index in [2.05, 4.69) is 31.1 Å². The third-order valence-electron chi connectivity index (χ3n) is 4.62. The first-order valence-corrected chi connectivity index (χ1v) is 7.75. The molecule has 2 fully saturated rings. The highest BCUT2D eigenvalue weighted by molar-refractivity contribution is 5.00. The monoisotopic (exact) mass is 270 g/mol. The van der Waals surface area contributed by atoms with E-state index < -0.39 is 0 Å². The van der Waals surface area contributed by atoms with Crippen LogP contribution in [0, 0.1) is 0 Å². The minimum atomic E-state index is -0.0658. The molecule has 0 aromatic heterocycles. The van der Waals surface area contributed by atoms with Gasteiger partial charge in [-0.05, 0) is 39.2 Å². The Hall–Kier alpha value is -0.160. The van der Waals surface area contributed by atoms with Gasteiger partial charge in [0.1, 0.15) is 0 Å². The fraction of sp³-hybridized carbons (Fsp3) is 1.00. The van der Waals surface area contributed by atoms with Crippen molar-refractivity contribution in [3.63, 3.8) is 0 Å². The Morgan fingerprint density at radius 1 is 1.42 bits per heavy atom. The molecule has 0 aromatic rings. The summed E-state index contributed by atoms with van der Waals surface area (Å²) in [5.74, 6) is 0. The lowest BCUT2D eigenvalue weighted by Gasteiger charge is -2.33. The number of nitrogens with one attached hydrogen (secondary N) is 1. The van der Waals surface area contributed by atoms with Crippen LogP contribution in [0.4, 0.5) is 0 Å². The minimum absolute atomic E-state index is 0.0658. The number of hydrogen-bond acceptors (Lipinski definition) is 4. The molecule has 0 bridgehead atoms. The molecule has 4 heteroatoms. The summed E-state index contributed by atoms with van der Waals surface area (Å²) in [6.45, 7) is 6.52. The van der Waals surface area contributed by atoms with Crippen molar-refractivity contribution in [2.24, 2.45) is 0 Å². The van der Waals surface area contributed by atoms with Crippen LogP contribution in [-0.4, -0.2) is 60.5 Å². The summed E-state index contributed by atoms with van der Waals surface area (Å²) < 4.78 is 5.72. The van der Waals surface area contributed by atoms with Gasteiger partial charge in [-0.1, -0.05) is 13.8 Å². The lowest BCUT2D eigenvalue weighted by atomic mass is 9.97. The highest BCUT2D eigenvalue weighted by Crippen LogP contribution is 2.33. The van der Waals surface area contributed by atoms with E-state index in [0.717, 1.165) is 26.0 Å². The Labute approximate surface area is 117 Å². The van der Waals surface area contributed by atoms with E-state index in [0.29, 0.717) is 18.2 Å². The molecule has 2 aliphatic rings. The van der Waals surface area contributed by atoms with Crippen molar-refractivity contribution in [2.45, 2.75) is 69.7 Å². The number of hydrogen-bond donors (Lipinski definition) is 2. The van der Waals surface area contributed by atoms with Gasteiger partial charge in [0.15, 0.2) is 0 Å². The van der Waals surface area contributed by atoms with E-state index in [4.69, 9.17) is 4.74 Å². The Bertz CT molecular complexity index is 279. The van der Waals surface area contributed by atoms with Crippen LogP contribution in [0.3, 0.4) is 0 Å². The zero-order chi connectivity index (χ0) is 13.9. The van der Waals surface area contributed by atoms with Gasteiger partial charge in [0.25, 0.3) is 0 Å². The summed E-state index contributed by atoms with van der Waals surface area (Å²) in [5.41, 5.74) is -0.0658. The van der Waals surface area contributed by atoms with Gasteiger partial charge in [-0.25, -0.2) is 0 Å². The molecule has 4 nitrogen and oxygen atoms in total. The summed E-state index contributed by atoms with van der Waals surface area (Å²) in [6.07, 6.45) is 6.12. The van der Waals surface area contributed by atoms with Crippen molar-refractivity contribution in [2.75, 3.05) is 26.8 Å². The molecule has 0 radical (unpaired) electrons. The van der Waals surface area contributed by atoms with Crippen LogP contribution in [-0.2, 0) is 4.74 Å². The topological polar surface area (TPSA) is 44.7 Å². The van der Waals surface area contributed by atoms with Crippen molar-refractivity contribution < 1.29 is 9.84 Å². The molecule has 1 heterocycles. The number of aliphatic hydroxyl groups excluding tert-OH is 1. The quantitative estimate of drug-likeness (QED) is 0.765. The summed E-state index contributed by atoms with van der Waals surface area (Å²) in [7, 11) is 2.20. The molecule has 1 aliphatic carbocycles. The van der Waals surface area contributed by atoms with Crippen LogP contribution in [0.25, 0.3) is 0 Å². The molecule has 19 heavy (non-hydrogen) atoms. The first-order valence-electron chi connectivity index (χ1n) is 7.75. The Morgan fingerprint density at radius 3 is 2.79 bits per heavy atom. The summed E-state index contributed by atoms with van der Waals surface area (Å²) >= 11 is 0. The number of ether oxygens (including phenoxy) is 1. The molecule has 0 aromatic carbocycles. The average molecular weight is 270 g/mol. The van der Waals surface area contributed by atoms with Gasteiger partial charge in [-0.3, -0.25) is 0 Å². The Balaban J connectivity index is 1.85. The summed E-state index contributed by atoms with van der Waals surface area (Å²) in [6, 6.07) is 0.997. The van der Waals surface area contributed by atoms with Gasteiger partial charge in [-0.15, -0.1) is 0 Å². The van der Waals surface area contributed by atoms with E-state index in [1.165, 1.54) is 19.3 Å². The number of nitrogens with zero attached hydrogens (tertiary/aromatic N) is 1. The van der Waals surface area contributed by atoms with Crippen LogP contribution in [0.5, 0.6) is 0 Å². The highest BCUT2D eigenvalue weighted by Gasteiger charge is 2.40. The van der Waals surface area contributed by atoms with Gasteiger partial charge < -0.3 is 20.1 Å². The standard InChI is InChI=1S/C15H30N2O2/c1-12(2)16-15(11-18)7-6-13(9-15)17(3)10-14-5-4-8-19-14/h12-14,16,18H,4-11H2,1-3H3. The Kier molecular flexibility index (Phi) is 5.23. The molecule has 112 valence electrons. The predicted octanol–water partition coefficient (Wildman–Crippen LogP) is 1.38. The second-order valence-electron chi connectivity index (χ2n) is 6.71. The first kappa shape index (κ1) is 15.2. The zero-order valence-electron chi connectivity index (χ0n) is 12.7. The second-order valence-corrected chi connectivity index (χ2v) is 6.71. The van der Waals surface area contributed by atoms with E-state index in [-0.39, 0.29) is 12.1 Å². The van der Waals surface area contributed by atoms with Gasteiger partial charge in [0.2, 0.25) is 0 Å². The minimum Gasteiger partial charge on any atom is -0.394 e. The zero-order valence-corrected chi connectivity index (χ0v) is 12.7. The molecule has 1 aliphatic heterocycles. The molecule has 3 unspecified atom stereocenters. The number of rotatable bonds is 6. The fourth-order valence-electron chi connectivity index (χ4n) is 3.67. The SMILES string of the molecule is CC(C)NC1(CO)CCC(N(C)CC2CCCO2)C1. The van der Waals surface area contributed by atoms with Crippen LogP contribution >= 0.6 is 0 Å². The summed E-state index contributed by atoms with van der Waals surface area (Å²) in [5, 5.41) is 13.3. The largest absolute Gasteiger partial charge is 0.394 e. The number of aliphatic hydroxyl groups is 1. The molecule has 2 N–H and O–H groups in total. The lowest BCUT2D eigenvalue weighted by molar-refractivity contribution is 0.0653. The lowest BCUT2D eigenvalue weighted by Crippen LogP contribution is -2.51. The van der Waals surface area contributed by atoms with E-state index in [1.54, 1.807) is 0 Å². The van der Waals surface area contributed by atoms with Crippen LogP contribution in [0.2, 0.25) is 0 Å². The first-order chi connectivity index (χ1) is 9.04. The average Bonchev–Trinajstić information content (AvgIpc) is 2.98. The second kappa shape index (κ2) is 6.53. The highest BCUT2D eigenvalue weighted by atomic mass is 16.5.